The lowest BCUT2D eigenvalue weighted by molar-refractivity contribution is -0.136. The van der Waals surface area contributed by atoms with Crippen LogP contribution in [0.5, 0.6) is 0 Å². The van der Waals surface area contributed by atoms with Crippen molar-refractivity contribution < 1.29 is 14.0 Å². The van der Waals surface area contributed by atoms with Crippen molar-refractivity contribution in [2.45, 2.75) is 34.2 Å². The highest BCUT2D eigenvalue weighted by Gasteiger charge is 2.15. The molecular formula is C17H20N2O3. The van der Waals surface area contributed by atoms with E-state index in [1.165, 1.54) is 0 Å². The fraction of sp³-hybridized carbons (Fsp3) is 0.294. The molecule has 2 rings (SSSR count). The van der Waals surface area contributed by atoms with Gasteiger partial charge in [-0.3, -0.25) is 9.59 Å². The second-order valence-electron chi connectivity index (χ2n) is 5.45. The van der Waals surface area contributed by atoms with Gasteiger partial charge in [0.1, 0.15) is 11.5 Å². The van der Waals surface area contributed by atoms with Crippen LogP contribution in [0.1, 0.15) is 28.2 Å². The molecule has 22 heavy (non-hydrogen) atoms. The number of carbonyl (C=O) groups excluding carboxylic acids is 2. The van der Waals surface area contributed by atoms with Gasteiger partial charge in [0, 0.05) is 17.8 Å². The van der Waals surface area contributed by atoms with Crippen molar-refractivity contribution >= 4 is 17.5 Å². The number of hydrogen-bond acceptors (Lipinski definition) is 3. The van der Waals surface area contributed by atoms with E-state index in [0.29, 0.717) is 5.69 Å². The highest BCUT2D eigenvalue weighted by atomic mass is 16.3. The lowest BCUT2D eigenvalue weighted by atomic mass is 10.1. The van der Waals surface area contributed by atoms with Crippen LogP contribution in [-0.2, 0) is 16.1 Å². The van der Waals surface area contributed by atoms with Crippen LogP contribution >= 0.6 is 0 Å². The van der Waals surface area contributed by atoms with E-state index in [9.17, 15) is 9.59 Å². The van der Waals surface area contributed by atoms with Crippen molar-refractivity contribution in [1.82, 2.24) is 5.32 Å². The molecule has 116 valence electrons. The predicted molar refractivity (Wildman–Crippen MR) is 84.6 cm³/mol. The standard InChI is InChI=1S/C17H20N2O3/c1-10-5-11(2)7-15(6-10)19-17(21)16(20)18-9-14-8-12(3)22-13(14)4/h5-8H,9H2,1-4H3,(H,18,20)(H,19,21). The van der Waals surface area contributed by atoms with Crippen LogP contribution in [0.2, 0.25) is 0 Å². The largest absolute Gasteiger partial charge is 0.466 e. The van der Waals surface area contributed by atoms with Crippen molar-refractivity contribution in [2.75, 3.05) is 5.32 Å². The van der Waals surface area contributed by atoms with E-state index < -0.39 is 11.8 Å². The second kappa shape index (κ2) is 6.47. The van der Waals surface area contributed by atoms with E-state index in [4.69, 9.17) is 4.42 Å². The number of benzene rings is 1. The minimum Gasteiger partial charge on any atom is -0.466 e. The first-order valence-corrected chi connectivity index (χ1v) is 7.08. The summed E-state index contributed by atoms with van der Waals surface area (Å²) >= 11 is 0. The summed E-state index contributed by atoms with van der Waals surface area (Å²) in [7, 11) is 0. The number of carbonyl (C=O) groups is 2. The molecule has 0 aliphatic carbocycles. The number of anilines is 1. The maximum atomic E-state index is 11.9. The number of nitrogens with one attached hydrogen (secondary N) is 2. The molecule has 0 aliphatic heterocycles. The van der Waals surface area contributed by atoms with Gasteiger partial charge in [-0.25, -0.2) is 0 Å². The Morgan fingerprint density at radius 3 is 2.14 bits per heavy atom. The maximum Gasteiger partial charge on any atom is 0.313 e. The van der Waals surface area contributed by atoms with Crippen LogP contribution in [0.25, 0.3) is 0 Å². The van der Waals surface area contributed by atoms with Crippen molar-refractivity contribution in [2.24, 2.45) is 0 Å². The minimum atomic E-state index is -0.678. The Bertz CT molecular complexity index is 696. The van der Waals surface area contributed by atoms with E-state index in [1.807, 2.05) is 52.0 Å². The zero-order chi connectivity index (χ0) is 16.3. The average molecular weight is 300 g/mol. The van der Waals surface area contributed by atoms with Gasteiger partial charge >= 0.3 is 11.8 Å². The molecule has 2 aromatic rings. The Labute approximate surface area is 129 Å². The first kappa shape index (κ1) is 15.8. The van der Waals surface area contributed by atoms with Crippen molar-refractivity contribution in [3.05, 3.63) is 52.5 Å². The molecular weight excluding hydrogens is 280 g/mol. The highest BCUT2D eigenvalue weighted by molar-refractivity contribution is 6.39. The van der Waals surface area contributed by atoms with Gasteiger partial charge in [0.05, 0.1) is 0 Å². The van der Waals surface area contributed by atoms with Gasteiger partial charge in [-0.15, -0.1) is 0 Å². The van der Waals surface area contributed by atoms with Crippen LogP contribution in [0, 0.1) is 27.7 Å². The molecule has 0 unspecified atom stereocenters. The summed E-state index contributed by atoms with van der Waals surface area (Å²) < 4.78 is 5.38. The summed E-state index contributed by atoms with van der Waals surface area (Å²) in [6.45, 7) is 7.80. The molecule has 0 bridgehead atoms. The molecule has 2 N–H and O–H groups in total. The van der Waals surface area contributed by atoms with Gasteiger partial charge in [-0.05, 0) is 57.0 Å². The minimum absolute atomic E-state index is 0.266. The molecule has 1 aromatic carbocycles. The SMILES string of the molecule is Cc1cc(C)cc(NC(=O)C(=O)NCc2cc(C)oc2C)c1. The summed E-state index contributed by atoms with van der Waals surface area (Å²) in [4.78, 5) is 23.8. The topological polar surface area (TPSA) is 71.3 Å². The first-order valence-electron chi connectivity index (χ1n) is 7.08. The molecule has 0 radical (unpaired) electrons. The van der Waals surface area contributed by atoms with Gasteiger partial charge in [-0.1, -0.05) is 6.07 Å². The average Bonchev–Trinajstić information content (AvgIpc) is 2.73. The fourth-order valence-electron chi connectivity index (χ4n) is 2.35. The van der Waals surface area contributed by atoms with Crippen molar-refractivity contribution in [1.29, 1.82) is 0 Å². The van der Waals surface area contributed by atoms with Crippen LogP contribution in [0.15, 0.2) is 28.7 Å². The Balaban J connectivity index is 1.94. The number of rotatable bonds is 3. The Morgan fingerprint density at radius 1 is 0.955 bits per heavy atom. The van der Waals surface area contributed by atoms with Crippen molar-refractivity contribution in [3.8, 4) is 0 Å². The third-order valence-corrected chi connectivity index (χ3v) is 3.27. The Morgan fingerprint density at radius 2 is 1.59 bits per heavy atom. The van der Waals surface area contributed by atoms with E-state index in [-0.39, 0.29) is 6.54 Å². The summed E-state index contributed by atoms with van der Waals surface area (Å²) in [6.07, 6.45) is 0. The molecule has 5 nitrogen and oxygen atoms in total. The zero-order valence-corrected chi connectivity index (χ0v) is 13.2. The summed E-state index contributed by atoms with van der Waals surface area (Å²) in [5.41, 5.74) is 3.54. The number of furan rings is 1. The third kappa shape index (κ3) is 3.97. The van der Waals surface area contributed by atoms with Gasteiger partial charge in [0.25, 0.3) is 0 Å². The summed E-state index contributed by atoms with van der Waals surface area (Å²) in [6, 6.07) is 7.49. The number of hydrogen-bond donors (Lipinski definition) is 2. The third-order valence-electron chi connectivity index (χ3n) is 3.27. The summed E-state index contributed by atoms with van der Waals surface area (Å²) in [5.74, 6) is 0.175. The molecule has 0 saturated heterocycles. The molecule has 2 amide bonds. The number of amides is 2. The van der Waals surface area contributed by atoms with Crippen LogP contribution in [-0.4, -0.2) is 11.8 Å². The lowest BCUT2D eigenvalue weighted by Crippen LogP contribution is -2.35. The summed E-state index contributed by atoms with van der Waals surface area (Å²) in [5, 5.41) is 5.20. The van der Waals surface area contributed by atoms with E-state index in [2.05, 4.69) is 10.6 Å². The quantitative estimate of drug-likeness (QED) is 0.856. The first-order chi connectivity index (χ1) is 10.3. The van der Waals surface area contributed by atoms with Gasteiger partial charge in [0.15, 0.2) is 0 Å². The van der Waals surface area contributed by atoms with Gasteiger partial charge in [-0.2, -0.15) is 0 Å². The highest BCUT2D eigenvalue weighted by Crippen LogP contribution is 2.14. The monoisotopic (exact) mass is 300 g/mol. The molecule has 1 heterocycles. The predicted octanol–water partition coefficient (Wildman–Crippen LogP) is 2.77. The zero-order valence-electron chi connectivity index (χ0n) is 13.2. The Kier molecular flexibility index (Phi) is 4.65. The Hall–Kier alpha value is -2.56. The fourth-order valence-corrected chi connectivity index (χ4v) is 2.35. The normalized spacial score (nSPS) is 10.4. The van der Waals surface area contributed by atoms with E-state index in [1.54, 1.807) is 0 Å². The van der Waals surface area contributed by atoms with Crippen LogP contribution < -0.4 is 10.6 Å². The maximum absolute atomic E-state index is 11.9. The van der Waals surface area contributed by atoms with E-state index in [0.717, 1.165) is 28.2 Å². The van der Waals surface area contributed by atoms with E-state index >= 15 is 0 Å². The smallest absolute Gasteiger partial charge is 0.313 e. The van der Waals surface area contributed by atoms with Crippen molar-refractivity contribution in [3.63, 3.8) is 0 Å². The molecule has 0 aliphatic rings. The number of aryl methyl sites for hydroxylation is 4. The molecule has 0 atom stereocenters. The van der Waals surface area contributed by atoms with Crippen LogP contribution in [0.4, 0.5) is 5.69 Å². The lowest BCUT2D eigenvalue weighted by Gasteiger charge is -2.08. The van der Waals surface area contributed by atoms with Gasteiger partial charge < -0.3 is 15.1 Å². The van der Waals surface area contributed by atoms with Crippen LogP contribution in [0.3, 0.4) is 0 Å². The van der Waals surface area contributed by atoms with Gasteiger partial charge in [0.2, 0.25) is 0 Å². The molecule has 0 saturated carbocycles. The molecule has 5 heteroatoms. The molecule has 0 fully saturated rings. The molecule has 0 spiro atoms. The molecule has 1 aromatic heterocycles. The second-order valence-corrected chi connectivity index (χ2v) is 5.45.